The maximum Gasteiger partial charge on any atom is 0.303 e. The molecule has 0 amide bonds. The number of aliphatic carboxylic acids is 1. The van der Waals surface area contributed by atoms with E-state index in [0.29, 0.717) is 25.3 Å². The first kappa shape index (κ1) is 12.8. The number of nitrogens with one attached hydrogen (secondary N) is 1. The summed E-state index contributed by atoms with van der Waals surface area (Å²) in [5.41, 5.74) is 1.81. The molecule has 1 aliphatic heterocycles. The number of carboxylic acids is 1. The Kier molecular flexibility index (Phi) is 3.23. The van der Waals surface area contributed by atoms with Gasteiger partial charge in [0.1, 0.15) is 5.69 Å². The predicted molar refractivity (Wildman–Crippen MR) is 73.4 cm³/mol. The molecule has 0 radical (unpaired) electrons. The van der Waals surface area contributed by atoms with Crippen molar-refractivity contribution < 1.29 is 9.90 Å². The molecule has 0 spiro atoms. The standard InChI is InChI=1S/C14H15N3O3/c18-13(19)5-9-6-17(7-9)8-12-14(20)16-11-4-2-1-3-10(11)15-12/h1-4,9H,5-8H2,(H,16,20)(H,18,19). The van der Waals surface area contributed by atoms with Gasteiger partial charge in [0.25, 0.3) is 5.56 Å². The number of para-hydroxylation sites is 2. The third kappa shape index (κ3) is 2.55. The van der Waals surface area contributed by atoms with Gasteiger partial charge in [0.15, 0.2) is 0 Å². The van der Waals surface area contributed by atoms with Gasteiger partial charge in [0, 0.05) is 19.6 Å². The van der Waals surface area contributed by atoms with Gasteiger partial charge in [-0.2, -0.15) is 0 Å². The fourth-order valence-electron chi connectivity index (χ4n) is 2.57. The SMILES string of the molecule is O=C(O)CC1CN(Cc2nc3ccccc3[nH]c2=O)C1. The summed E-state index contributed by atoms with van der Waals surface area (Å²) in [7, 11) is 0. The van der Waals surface area contributed by atoms with Crippen LogP contribution in [-0.4, -0.2) is 39.0 Å². The Morgan fingerprint density at radius 2 is 2.15 bits per heavy atom. The lowest BCUT2D eigenvalue weighted by Gasteiger charge is -2.38. The normalized spacial score (nSPS) is 16.2. The summed E-state index contributed by atoms with van der Waals surface area (Å²) in [6, 6.07) is 7.41. The lowest BCUT2D eigenvalue weighted by molar-refractivity contribution is -0.139. The van der Waals surface area contributed by atoms with E-state index in [4.69, 9.17) is 5.11 Å². The minimum absolute atomic E-state index is 0.176. The van der Waals surface area contributed by atoms with Gasteiger partial charge in [-0.05, 0) is 18.1 Å². The molecule has 2 N–H and O–H groups in total. The van der Waals surface area contributed by atoms with Gasteiger partial charge in [-0.15, -0.1) is 0 Å². The lowest BCUT2D eigenvalue weighted by atomic mass is 9.96. The molecule has 0 bridgehead atoms. The topological polar surface area (TPSA) is 86.3 Å². The van der Waals surface area contributed by atoms with Gasteiger partial charge in [-0.25, -0.2) is 4.98 Å². The average molecular weight is 273 g/mol. The van der Waals surface area contributed by atoms with Crippen LogP contribution in [0.2, 0.25) is 0 Å². The van der Waals surface area contributed by atoms with Crippen molar-refractivity contribution in [2.45, 2.75) is 13.0 Å². The molecular formula is C14H15N3O3. The molecule has 1 fully saturated rings. The molecule has 2 heterocycles. The third-order valence-electron chi connectivity index (χ3n) is 3.54. The van der Waals surface area contributed by atoms with Crippen molar-refractivity contribution in [2.24, 2.45) is 5.92 Å². The highest BCUT2D eigenvalue weighted by Gasteiger charge is 2.29. The van der Waals surface area contributed by atoms with Crippen LogP contribution < -0.4 is 5.56 Å². The molecular weight excluding hydrogens is 258 g/mol. The Morgan fingerprint density at radius 1 is 1.40 bits per heavy atom. The Morgan fingerprint density at radius 3 is 2.90 bits per heavy atom. The summed E-state index contributed by atoms with van der Waals surface area (Å²) in [6.45, 7) is 1.89. The van der Waals surface area contributed by atoms with E-state index in [9.17, 15) is 9.59 Å². The molecule has 3 rings (SSSR count). The van der Waals surface area contributed by atoms with Gasteiger partial charge < -0.3 is 10.1 Å². The van der Waals surface area contributed by atoms with E-state index in [1.54, 1.807) is 0 Å². The molecule has 6 heteroatoms. The van der Waals surface area contributed by atoms with Crippen molar-refractivity contribution in [1.82, 2.24) is 14.9 Å². The van der Waals surface area contributed by atoms with E-state index in [-0.39, 0.29) is 17.9 Å². The zero-order chi connectivity index (χ0) is 14.1. The van der Waals surface area contributed by atoms with Crippen LogP contribution in [-0.2, 0) is 11.3 Å². The van der Waals surface area contributed by atoms with E-state index in [2.05, 4.69) is 9.97 Å². The summed E-state index contributed by atoms with van der Waals surface area (Å²) in [5.74, 6) is -0.580. The van der Waals surface area contributed by atoms with Crippen molar-refractivity contribution in [3.05, 3.63) is 40.3 Å². The van der Waals surface area contributed by atoms with Crippen LogP contribution in [0.15, 0.2) is 29.1 Å². The molecule has 0 aliphatic carbocycles. The molecule has 0 unspecified atom stereocenters. The number of aromatic nitrogens is 2. The number of hydrogen-bond donors (Lipinski definition) is 2. The van der Waals surface area contributed by atoms with Crippen LogP contribution >= 0.6 is 0 Å². The number of fused-ring (bicyclic) bond motifs is 1. The summed E-state index contributed by atoms with van der Waals surface area (Å²) >= 11 is 0. The molecule has 104 valence electrons. The highest BCUT2D eigenvalue weighted by atomic mass is 16.4. The summed E-state index contributed by atoms with van der Waals surface area (Å²) in [5, 5.41) is 8.70. The van der Waals surface area contributed by atoms with Crippen LogP contribution in [0.25, 0.3) is 11.0 Å². The molecule has 0 saturated carbocycles. The van der Waals surface area contributed by atoms with Crippen LogP contribution in [0.1, 0.15) is 12.1 Å². The zero-order valence-corrected chi connectivity index (χ0v) is 10.9. The van der Waals surface area contributed by atoms with E-state index in [0.717, 1.165) is 11.0 Å². The molecule has 1 aromatic heterocycles. The first-order valence-corrected chi connectivity index (χ1v) is 6.54. The number of carboxylic acid groups (broad SMARTS) is 1. The third-order valence-corrected chi connectivity index (χ3v) is 3.54. The number of carbonyl (C=O) groups is 1. The molecule has 1 aromatic carbocycles. The predicted octanol–water partition coefficient (Wildman–Crippen LogP) is 0.830. The smallest absolute Gasteiger partial charge is 0.303 e. The molecule has 0 atom stereocenters. The highest BCUT2D eigenvalue weighted by molar-refractivity contribution is 5.73. The van der Waals surface area contributed by atoms with Crippen LogP contribution in [0.4, 0.5) is 0 Å². The number of rotatable bonds is 4. The van der Waals surface area contributed by atoms with Crippen molar-refractivity contribution >= 4 is 17.0 Å². The quantitative estimate of drug-likeness (QED) is 0.861. The van der Waals surface area contributed by atoms with Gasteiger partial charge >= 0.3 is 5.97 Å². The molecule has 6 nitrogen and oxygen atoms in total. The lowest BCUT2D eigenvalue weighted by Crippen LogP contribution is -2.47. The molecule has 1 aliphatic rings. The zero-order valence-electron chi connectivity index (χ0n) is 10.9. The van der Waals surface area contributed by atoms with Crippen molar-refractivity contribution in [1.29, 1.82) is 0 Å². The first-order valence-electron chi connectivity index (χ1n) is 6.54. The Bertz CT molecular complexity index is 704. The first-order chi connectivity index (χ1) is 9.61. The maximum absolute atomic E-state index is 11.9. The van der Waals surface area contributed by atoms with E-state index in [1.807, 2.05) is 29.2 Å². The van der Waals surface area contributed by atoms with Gasteiger partial charge in [-0.1, -0.05) is 12.1 Å². The monoisotopic (exact) mass is 273 g/mol. The number of hydrogen-bond acceptors (Lipinski definition) is 4. The van der Waals surface area contributed by atoms with Crippen LogP contribution in [0, 0.1) is 5.92 Å². The molecule has 1 saturated heterocycles. The number of nitrogens with zero attached hydrogens (tertiary/aromatic N) is 2. The highest BCUT2D eigenvalue weighted by Crippen LogP contribution is 2.20. The van der Waals surface area contributed by atoms with Gasteiger partial charge in [-0.3, -0.25) is 14.5 Å². The Hall–Kier alpha value is -2.21. The number of H-pyrrole nitrogens is 1. The molecule has 20 heavy (non-hydrogen) atoms. The molecule has 2 aromatic rings. The second kappa shape index (κ2) is 5.05. The van der Waals surface area contributed by atoms with Crippen LogP contribution in [0.5, 0.6) is 0 Å². The second-order valence-corrected chi connectivity index (χ2v) is 5.19. The minimum Gasteiger partial charge on any atom is -0.481 e. The second-order valence-electron chi connectivity index (χ2n) is 5.19. The average Bonchev–Trinajstić information content (AvgIpc) is 2.36. The number of benzene rings is 1. The fourth-order valence-corrected chi connectivity index (χ4v) is 2.57. The van der Waals surface area contributed by atoms with E-state index in [1.165, 1.54) is 0 Å². The number of likely N-dealkylation sites (tertiary alicyclic amines) is 1. The van der Waals surface area contributed by atoms with E-state index >= 15 is 0 Å². The van der Waals surface area contributed by atoms with Gasteiger partial charge in [0.05, 0.1) is 17.5 Å². The largest absolute Gasteiger partial charge is 0.481 e. The summed E-state index contributed by atoms with van der Waals surface area (Å²) in [4.78, 5) is 31.8. The number of aromatic amines is 1. The Balaban J connectivity index is 1.71. The fraction of sp³-hybridized carbons (Fsp3) is 0.357. The van der Waals surface area contributed by atoms with Crippen LogP contribution in [0.3, 0.4) is 0 Å². The summed E-state index contributed by atoms with van der Waals surface area (Å²) in [6.07, 6.45) is 0.192. The van der Waals surface area contributed by atoms with Crippen molar-refractivity contribution in [2.75, 3.05) is 13.1 Å². The van der Waals surface area contributed by atoms with E-state index < -0.39 is 5.97 Å². The maximum atomic E-state index is 11.9. The van der Waals surface area contributed by atoms with Crippen molar-refractivity contribution in [3.8, 4) is 0 Å². The Labute approximate surface area is 115 Å². The minimum atomic E-state index is -0.767. The van der Waals surface area contributed by atoms with Gasteiger partial charge in [0.2, 0.25) is 0 Å². The summed E-state index contributed by atoms with van der Waals surface area (Å²) < 4.78 is 0. The van der Waals surface area contributed by atoms with Crippen molar-refractivity contribution in [3.63, 3.8) is 0 Å².